The van der Waals surface area contributed by atoms with E-state index in [1.807, 2.05) is 0 Å². The van der Waals surface area contributed by atoms with E-state index in [1.165, 1.54) is 0 Å². The van der Waals surface area contributed by atoms with E-state index >= 15 is 0 Å². The van der Waals surface area contributed by atoms with Crippen LogP contribution in [0.2, 0.25) is 0 Å². The fourth-order valence-corrected chi connectivity index (χ4v) is 1.03. The molecule has 0 radical (unpaired) electrons. The molecule has 0 aliphatic carbocycles. The number of anilines is 1. The number of ketones is 1. The summed E-state index contributed by atoms with van der Waals surface area (Å²) in [5.74, 6) is -0.236. The summed E-state index contributed by atoms with van der Waals surface area (Å²) < 4.78 is -0.0539. The molecule has 2 nitrogen and oxygen atoms in total. The molecule has 0 saturated carbocycles. The number of nitrogens with two attached hydrogens (primary N) is 1. The molecule has 0 heterocycles. The lowest BCUT2D eigenvalue weighted by atomic mass is 10.1. The molecular formula is C9H7Cl2NO. The monoisotopic (exact) mass is 215 g/mol. The van der Waals surface area contributed by atoms with Gasteiger partial charge in [-0.2, -0.15) is 0 Å². The minimum Gasteiger partial charge on any atom is -0.399 e. The van der Waals surface area contributed by atoms with Crippen molar-refractivity contribution in [2.45, 2.75) is 0 Å². The third-order valence-corrected chi connectivity index (χ3v) is 1.65. The van der Waals surface area contributed by atoms with Gasteiger partial charge in [-0.25, -0.2) is 0 Å². The Bertz CT molecular complexity index is 339. The smallest absolute Gasteiger partial charge is 0.188 e. The van der Waals surface area contributed by atoms with Crippen molar-refractivity contribution in [1.29, 1.82) is 0 Å². The second-order valence-electron chi connectivity index (χ2n) is 2.42. The van der Waals surface area contributed by atoms with Crippen molar-refractivity contribution in [1.82, 2.24) is 0 Å². The van der Waals surface area contributed by atoms with E-state index in [1.54, 1.807) is 24.3 Å². The molecule has 1 aromatic carbocycles. The molecule has 68 valence electrons. The van der Waals surface area contributed by atoms with Gasteiger partial charge in [0.2, 0.25) is 0 Å². The van der Waals surface area contributed by atoms with Gasteiger partial charge in [-0.1, -0.05) is 23.2 Å². The number of rotatable bonds is 2. The molecule has 1 rings (SSSR count). The Morgan fingerprint density at radius 1 is 1.23 bits per heavy atom. The molecule has 0 amide bonds. The van der Waals surface area contributed by atoms with E-state index in [4.69, 9.17) is 28.9 Å². The Kier molecular flexibility index (Phi) is 3.34. The third kappa shape index (κ3) is 3.09. The lowest BCUT2D eigenvalue weighted by Crippen LogP contribution is -1.94. The Hall–Kier alpha value is -0.990. The van der Waals surface area contributed by atoms with Crippen molar-refractivity contribution >= 4 is 34.7 Å². The molecule has 4 heteroatoms. The van der Waals surface area contributed by atoms with E-state index in [0.29, 0.717) is 11.3 Å². The van der Waals surface area contributed by atoms with Crippen molar-refractivity contribution in [2.24, 2.45) is 0 Å². The molecule has 1 aromatic rings. The average Bonchev–Trinajstić information content (AvgIpc) is 2.04. The molecule has 0 unspecified atom stereocenters. The number of allylic oxidation sites excluding steroid dienone is 1. The molecule has 0 aliphatic rings. The van der Waals surface area contributed by atoms with Crippen LogP contribution in [-0.2, 0) is 0 Å². The minimum absolute atomic E-state index is 0.0539. The maximum atomic E-state index is 11.3. The van der Waals surface area contributed by atoms with Crippen LogP contribution in [0.3, 0.4) is 0 Å². The van der Waals surface area contributed by atoms with Crippen molar-refractivity contribution in [2.75, 3.05) is 5.73 Å². The molecule has 0 saturated heterocycles. The summed E-state index contributed by atoms with van der Waals surface area (Å²) in [7, 11) is 0. The van der Waals surface area contributed by atoms with Gasteiger partial charge < -0.3 is 5.73 Å². The molecular weight excluding hydrogens is 209 g/mol. The Labute approximate surface area is 85.9 Å². The van der Waals surface area contributed by atoms with E-state index in [0.717, 1.165) is 6.08 Å². The zero-order valence-electron chi connectivity index (χ0n) is 6.63. The Morgan fingerprint density at radius 3 is 2.23 bits per heavy atom. The molecule has 0 spiro atoms. The lowest BCUT2D eigenvalue weighted by Gasteiger charge is -1.96. The van der Waals surface area contributed by atoms with Crippen LogP contribution >= 0.6 is 23.2 Å². The Balaban J connectivity index is 2.90. The summed E-state index contributed by atoms with van der Waals surface area (Å²) in [5.41, 5.74) is 6.57. The molecule has 0 fully saturated rings. The quantitative estimate of drug-likeness (QED) is 0.469. The second kappa shape index (κ2) is 4.30. The van der Waals surface area contributed by atoms with Crippen LogP contribution in [0.15, 0.2) is 34.8 Å². The van der Waals surface area contributed by atoms with E-state index in [-0.39, 0.29) is 10.3 Å². The number of carbonyl (C=O) groups excluding carboxylic acids is 1. The highest BCUT2D eigenvalue weighted by Crippen LogP contribution is 2.11. The average molecular weight is 216 g/mol. The van der Waals surface area contributed by atoms with Crippen molar-refractivity contribution in [3.05, 3.63) is 40.4 Å². The molecule has 0 atom stereocenters. The van der Waals surface area contributed by atoms with Gasteiger partial charge >= 0.3 is 0 Å². The number of hydrogen-bond donors (Lipinski definition) is 1. The molecule has 0 bridgehead atoms. The number of hydrogen-bond acceptors (Lipinski definition) is 2. The van der Waals surface area contributed by atoms with Crippen LogP contribution in [0.4, 0.5) is 5.69 Å². The van der Waals surface area contributed by atoms with Crippen LogP contribution < -0.4 is 5.73 Å². The zero-order chi connectivity index (χ0) is 9.84. The molecule has 13 heavy (non-hydrogen) atoms. The van der Waals surface area contributed by atoms with Crippen LogP contribution in [-0.4, -0.2) is 5.78 Å². The number of halogens is 2. The van der Waals surface area contributed by atoms with E-state index in [2.05, 4.69) is 0 Å². The summed E-state index contributed by atoms with van der Waals surface area (Å²) in [5, 5.41) is 0. The van der Waals surface area contributed by atoms with Crippen LogP contribution in [0.1, 0.15) is 10.4 Å². The predicted molar refractivity (Wildman–Crippen MR) is 55.0 cm³/mol. The van der Waals surface area contributed by atoms with E-state index < -0.39 is 0 Å². The number of benzene rings is 1. The van der Waals surface area contributed by atoms with Gasteiger partial charge in [0.1, 0.15) is 4.49 Å². The highest BCUT2D eigenvalue weighted by atomic mass is 35.5. The molecule has 0 aliphatic heterocycles. The highest BCUT2D eigenvalue weighted by molar-refractivity contribution is 6.57. The standard InChI is InChI=1S/C9H7Cl2NO/c10-9(11)5-8(13)6-1-3-7(12)4-2-6/h1-5H,12H2. The maximum absolute atomic E-state index is 11.3. The molecule has 0 aromatic heterocycles. The summed E-state index contributed by atoms with van der Waals surface area (Å²) in [6.45, 7) is 0. The topological polar surface area (TPSA) is 43.1 Å². The summed E-state index contributed by atoms with van der Waals surface area (Å²) >= 11 is 10.7. The van der Waals surface area contributed by atoms with Crippen LogP contribution in [0.25, 0.3) is 0 Å². The minimum atomic E-state index is -0.236. The first-order chi connectivity index (χ1) is 6.09. The summed E-state index contributed by atoms with van der Waals surface area (Å²) in [6.07, 6.45) is 1.15. The fourth-order valence-electron chi connectivity index (χ4n) is 0.830. The summed E-state index contributed by atoms with van der Waals surface area (Å²) in [6, 6.07) is 6.52. The van der Waals surface area contributed by atoms with Crippen molar-refractivity contribution in [3.8, 4) is 0 Å². The zero-order valence-corrected chi connectivity index (χ0v) is 8.14. The second-order valence-corrected chi connectivity index (χ2v) is 3.43. The first-order valence-corrected chi connectivity index (χ1v) is 4.28. The largest absolute Gasteiger partial charge is 0.399 e. The van der Waals surface area contributed by atoms with E-state index in [9.17, 15) is 4.79 Å². The number of carbonyl (C=O) groups is 1. The van der Waals surface area contributed by atoms with Gasteiger partial charge in [0, 0.05) is 17.3 Å². The lowest BCUT2D eigenvalue weighted by molar-refractivity contribution is 0.104. The van der Waals surface area contributed by atoms with Gasteiger partial charge in [0.15, 0.2) is 5.78 Å². The number of nitrogen functional groups attached to an aromatic ring is 1. The van der Waals surface area contributed by atoms with Gasteiger partial charge in [-0.3, -0.25) is 4.79 Å². The fraction of sp³-hybridized carbons (Fsp3) is 0. The molecule has 2 N–H and O–H groups in total. The SMILES string of the molecule is Nc1ccc(C(=O)C=C(Cl)Cl)cc1. The third-order valence-electron chi connectivity index (χ3n) is 1.44. The van der Waals surface area contributed by atoms with Crippen molar-refractivity contribution < 1.29 is 4.79 Å². The van der Waals surface area contributed by atoms with Crippen LogP contribution in [0, 0.1) is 0 Å². The Morgan fingerprint density at radius 2 is 1.77 bits per heavy atom. The van der Waals surface area contributed by atoms with Gasteiger partial charge in [0.05, 0.1) is 0 Å². The van der Waals surface area contributed by atoms with Crippen LogP contribution in [0.5, 0.6) is 0 Å². The van der Waals surface area contributed by atoms with Gasteiger partial charge in [-0.15, -0.1) is 0 Å². The van der Waals surface area contributed by atoms with Crippen molar-refractivity contribution in [3.63, 3.8) is 0 Å². The first-order valence-electron chi connectivity index (χ1n) is 3.52. The normalized spacial score (nSPS) is 9.38. The predicted octanol–water partition coefficient (Wildman–Crippen LogP) is 2.77. The summed E-state index contributed by atoms with van der Waals surface area (Å²) in [4.78, 5) is 11.3. The maximum Gasteiger partial charge on any atom is 0.188 e. The van der Waals surface area contributed by atoms with Gasteiger partial charge in [-0.05, 0) is 24.3 Å². The highest BCUT2D eigenvalue weighted by Gasteiger charge is 2.01. The van der Waals surface area contributed by atoms with Gasteiger partial charge in [0.25, 0.3) is 0 Å². The first kappa shape index (κ1) is 10.1.